The molecule has 0 atom stereocenters. The molecule has 0 amide bonds. The van der Waals surface area contributed by atoms with Crippen LogP contribution in [0.2, 0.25) is 0 Å². The van der Waals surface area contributed by atoms with Gasteiger partial charge in [0.1, 0.15) is 0 Å². The molecule has 1 N–H and O–H groups in total. The van der Waals surface area contributed by atoms with Gasteiger partial charge in [-0.3, -0.25) is 4.98 Å². The Morgan fingerprint density at radius 1 is 1.53 bits per heavy atom. The molecule has 0 aliphatic heterocycles. The SMILES string of the molecule is COC(=O)C#Cc1cnccc1C(=O)O. The second-order valence-electron chi connectivity index (χ2n) is 2.47. The van der Waals surface area contributed by atoms with E-state index in [-0.39, 0.29) is 11.1 Å². The maximum Gasteiger partial charge on any atom is 0.384 e. The van der Waals surface area contributed by atoms with Gasteiger partial charge in [0.15, 0.2) is 0 Å². The number of carboxylic acids is 1. The molecule has 1 aromatic rings. The number of carboxylic acid groups (broad SMARTS) is 1. The molecule has 0 aliphatic carbocycles. The van der Waals surface area contributed by atoms with E-state index in [1.165, 1.54) is 25.6 Å². The Hall–Kier alpha value is -2.35. The normalized spacial score (nSPS) is 8.60. The molecular weight excluding hydrogens is 198 g/mol. The highest BCUT2D eigenvalue weighted by molar-refractivity contribution is 5.93. The third-order valence-electron chi connectivity index (χ3n) is 1.54. The lowest BCUT2D eigenvalue weighted by Gasteiger charge is -1.95. The first-order valence-electron chi connectivity index (χ1n) is 3.92. The summed E-state index contributed by atoms with van der Waals surface area (Å²) in [7, 11) is 1.19. The van der Waals surface area contributed by atoms with Crippen molar-refractivity contribution in [1.82, 2.24) is 4.98 Å². The summed E-state index contributed by atoms with van der Waals surface area (Å²) in [6.45, 7) is 0. The topological polar surface area (TPSA) is 76.5 Å². The number of esters is 1. The summed E-state index contributed by atoms with van der Waals surface area (Å²) in [4.78, 5) is 25.1. The van der Waals surface area contributed by atoms with Crippen molar-refractivity contribution in [1.29, 1.82) is 0 Å². The predicted molar refractivity (Wildman–Crippen MR) is 50.1 cm³/mol. The number of nitrogens with zero attached hydrogens (tertiary/aromatic N) is 1. The molecule has 0 aliphatic rings. The van der Waals surface area contributed by atoms with Crippen molar-refractivity contribution < 1.29 is 19.4 Å². The van der Waals surface area contributed by atoms with Crippen LogP contribution >= 0.6 is 0 Å². The average Bonchev–Trinajstić information content (AvgIpc) is 2.26. The van der Waals surface area contributed by atoms with E-state index >= 15 is 0 Å². The van der Waals surface area contributed by atoms with Gasteiger partial charge in [0.25, 0.3) is 0 Å². The van der Waals surface area contributed by atoms with Crippen LogP contribution in [0.25, 0.3) is 0 Å². The lowest BCUT2D eigenvalue weighted by atomic mass is 10.1. The summed E-state index contributed by atoms with van der Waals surface area (Å²) >= 11 is 0. The first kappa shape index (κ1) is 10.7. The summed E-state index contributed by atoms with van der Waals surface area (Å²) in [5.74, 6) is 2.66. The Bertz CT molecular complexity index is 456. The van der Waals surface area contributed by atoms with E-state index in [1.54, 1.807) is 0 Å². The van der Waals surface area contributed by atoms with Gasteiger partial charge < -0.3 is 9.84 Å². The molecule has 76 valence electrons. The molecule has 0 aromatic carbocycles. The molecular formula is C10H7NO4. The molecule has 0 saturated carbocycles. The van der Waals surface area contributed by atoms with E-state index in [9.17, 15) is 9.59 Å². The van der Waals surface area contributed by atoms with Crippen LogP contribution in [-0.4, -0.2) is 29.1 Å². The number of hydrogen-bond donors (Lipinski definition) is 1. The van der Waals surface area contributed by atoms with Crippen molar-refractivity contribution in [3.05, 3.63) is 29.6 Å². The summed E-state index contributed by atoms with van der Waals surface area (Å²) in [5, 5.41) is 8.78. The lowest BCUT2D eigenvalue weighted by Crippen LogP contribution is -2.01. The number of aromatic carboxylic acids is 1. The smallest absolute Gasteiger partial charge is 0.384 e. The van der Waals surface area contributed by atoms with Gasteiger partial charge in [-0.25, -0.2) is 9.59 Å². The molecule has 5 heteroatoms. The second kappa shape index (κ2) is 4.77. The standard InChI is InChI=1S/C10H7NO4/c1-15-9(12)3-2-7-6-11-5-4-8(7)10(13)14/h4-6H,1H3,(H,13,14). The van der Waals surface area contributed by atoms with E-state index in [1.807, 2.05) is 0 Å². The van der Waals surface area contributed by atoms with Gasteiger partial charge in [0.05, 0.1) is 18.2 Å². The quantitative estimate of drug-likeness (QED) is 0.527. The molecule has 0 bridgehead atoms. The zero-order chi connectivity index (χ0) is 11.3. The van der Waals surface area contributed by atoms with Crippen molar-refractivity contribution in [3.63, 3.8) is 0 Å². The predicted octanol–water partition coefficient (Wildman–Crippen LogP) is 0.304. The van der Waals surface area contributed by atoms with Crippen LogP contribution in [-0.2, 0) is 9.53 Å². The van der Waals surface area contributed by atoms with Gasteiger partial charge in [0.2, 0.25) is 0 Å². The Morgan fingerprint density at radius 2 is 2.27 bits per heavy atom. The molecule has 0 fully saturated rings. The highest BCUT2D eigenvalue weighted by atomic mass is 16.5. The summed E-state index contributed by atoms with van der Waals surface area (Å²) in [5.41, 5.74) is 0.178. The van der Waals surface area contributed by atoms with Gasteiger partial charge in [0, 0.05) is 18.3 Å². The summed E-state index contributed by atoms with van der Waals surface area (Å²) < 4.78 is 4.29. The van der Waals surface area contributed by atoms with Crippen LogP contribution in [0.1, 0.15) is 15.9 Å². The zero-order valence-corrected chi connectivity index (χ0v) is 7.85. The highest BCUT2D eigenvalue weighted by Gasteiger charge is 2.07. The maximum atomic E-state index is 10.7. The molecule has 15 heavy (non-hydrogen) atoms. The molecule has 0 saturated heterocycles. The van der Waals surface area contributed by atoms with E-state index in [4.69, 9.17) is 5.11 Å². The lowest BCUT2D eigenvalue weighted by molar-refractivity contribution is -0.133. The minimum atomic E-state index is -1.12. The minimum Gasteiger partial charge on any atom is -0.478 e. The van der Waals surface area contributed by atoms with E-state index in [2.05, 4.69) is 21.6 Å². The fourth-order valence-electron chi connectivity index (χ4n) is 0.850. The van der Waals surface area contributed by atoms with E-state index in [0.29, 0.717) is 0 Å². The van der Waals surface area contributed by atoms with Crippen molar-refractivity contribution in [2.75, 3.05) is 7.11 Å². The molecule has 1 aromatic heterocycles. The van der Waals surface area contributed by atoms with Crippen molar-refractivity contribution in [3.8, 4) is 11.8 Å². The van der Waals surface area contributed by atoms with Crippen LogP contribution < -0.4 is 0 Å². The number of carbonyl (C=O) groups excluding carboxylic acids is 1. The van der Waals surface area contributed by atoms with Crippen molar-refractivity contribution in [2.24, 2.45) is 0 Å². The number of ether oxygens (including phenoxy) is 1. The molecule has 1 rings (SSSR count). The second-order valence-corrected chi connectivity index (χ2v) is 2.47. The number of methoxy groups -OCH3 is 1. The highest BCUT2D eigenvalue weighted by Crippen LogP contribution is 2.04. The van der Waals surface area contributed by atoms with Crippen molar-refractivity contribution in [2.45, 2.75) is 0 Å². The van der Waals surface area contributed by atoms with Gasteiger partial charge >= 0.3 is 11.9 Å². The molecule has 0 spiro atoms. The first-order chi connectivity index (χ1) is 7.15. The van der Waals surface area contributed by atoms with E-state index < -0.39 is 11.9 Å². The monoisotopic (exact) mass is 205 g/mol. The Kier molecular flexibility index (Phi) is 3.41. The summed E-state index contributed by atoms with van der Waals surface area (Å²) in [6, 6.07) is 1.31. The third kappa shape index (κ3) is 2.81. The van der Waals surface area contributed by atoms with Crippen LogP contribution in [0.4, 0.5) is 0 Å². The number of pyridine rings is 1. The third-order valence-corrected chi connectivity index (χ3v) is 1.54. The average molecular weight is 205 g/mol. The number of aromatic nitrogens is 1. The molecule has 1 heterocycles. The largest absolute Gasteiger partial charge is 0.478 e. The maximum absolute atomic E-state index is 10.7. The summed E-state index contributed by atoms with van der Waals surface area (Å²) in [6.07, 6.45) is 2.62. The van der Waals surface area contributed by atoms with Crippen LogP contribution in [0.3, 0.4) is 0 Å². The number of rotatable bonds is 1. The zero-order valence-electron chi connectivity index (χ0n) is 7.85. The van der Waals surface area contributed by atoms with Crippen LogP contribution in [0, 0.1) is 11.8 Å². The minimum absolute atomic E-state index is 0.00130. The fourth-order valence-corrected chi connectivity index (χ4v) is 0.850. The molecule has 0 unspecified atom stereocenters. The first-order valence-corrected chi connectivity index (χ1v) is 3.92. The molecule has 0 radical (unpaired) electrons. The van der Waals surface area contributed by atoms with Crippen LogP contribution in [0.15, 0.2) is 18.5 Å². The Morgan fingerprint density at radius 3 is 2.87 bits per heavy atom. The van der Waals surface area contributed by atoms with Crippen molar-refractivity contribution >= 4 is 11.9 Å². The van der Waals surface area contributed by atoms with Gasteiger partial charge in [-0.2, -0.15) is 0 Å². The van der Waals surface area contributed by atoms with E-state index in [0.717, 1.165) is 0 Å². The van der Waals surface area contributed by atoms with Gasteiger partial charge in [-0.1, -0.05) is 5.92 Å². The molecule has 5 nitrogen and oxygen atoms in total. The van der Waals surface area contributed by atoms with Gasteiger partial charge in [-0.15, -0.1) is 0 Å². The number of carbonyl (C=O) groups is 2. The Balaban J connectivity index is 3.08. The van der Waals surface area contributed by atoms with Gasteiger partial charge in [-0.05, 0) is 6.07 Å². The Labute approximate surface area is 85.7 Å². The number of hydrogen-bond acceptors (Lipinski definition) is 4. The fraction of sp³-hybridized carbons (Fsp3) is 0.100. The van der Waals surface area contributed by atoms with Crippen LogP contribution in [0.5, 0.6) is 0 Å².